The van der Waals surface area contributed by atoms with Crippen LogP contribution in [0, 0.1) is 5.41 Å². The van der Waals surface area contributed by atoms with Gasteiger partial charge in [-0.05, 0) is 45.0 Å². The number of alkyl halides is 3. The van der Waals surface area contributed by atoms with Gasteiger partial charge in [0.15, 0.2) is 6.10 Å². The molecule has 3 rings (SSSR count). The largest absolute Gasteiger partial charge is 0.452 e. The number of nitrogens with one attached hydrogen (secondary N) is 3. The molecule has 1 amide bonds. The molecule has 1 saturated heterocycles. The van der Waals surface area contributed by atoms with Gasteiger partial charge in [-0.3, -0.25) is 10.8 Å². The molecule has 2 aromatic rings. The number of carbonyl (C=O) groups excluding carboxylic acids is 3. The molecule has 1 heterocycles. The number of rotatable bonds is 8. The van der Waals surface area contributed by atoms with Crippen LogP contribution in [-0.4, -0.2) is 64.5 Å². The Bertz CT molecular complexity index is 1190. The molecule has 0 saturated carbocycles. The number of halogens is 3. The van der Waals surface area contributed by atoms with Crippen molar-refractivity contribution in [2.45, 2.75) is 54.8 Å². The maximum Gasteiger partial charge on any atom is 0.422 e. The molecule has 3 N–H and O–H groups in total. The summed E-state index contributed by atoms with van der Waals surface area (Å²) < 4.78 is 25.6. The second kappa shape index (κ2) is 13.5. The van der Waals surface area contributed by atoms with Crippen LogP contribution in [0.2, 0.25) is 0 Å². The van der Waals surface area contributed by atoms with Gasteiger partial charge in [0, 0.05) is 6.54 Å². The predicted molar refractivity (Wildman–Crippen MR) is 146 cm³/mol. The maximum absolute atomic E-state index is 13.0. The lowest BCUT2D eigenvalue weighted by molar-refractivity contribution is -0.121. The van der Waals surface area contributed by atoms with Crippen LogP contribution >= 0.6 is 34.8 Å². The Labute approximate surface area is 245 Å². The molecule has 1 aliphatic heterocycles. The molecule has 0 spiro atoms. The zero-order valence-electron chi connectivity index (χ0n) is 21.7. The van der Waals surface area contributed by atoms with Gasteiger partial charge in [0.2, 0.25) is 18.3 Å². The van der Waals surface area contributed by atoms with Gasteiger partial charge in [0.05, 0.1) is 11.1 Å². The van der Waals surface area contributed by atoms with E-state index in [9.17, 15) is 14.4 Å². The molecule has 2 aromatic carbocycles. The van der Waals surface area contributed by atoms with Crippen molar-refractivity contribution in [3.8, 4) is 0 Å². The highest BCUT2D eigenvalue weighted by Gasteiger charge is 2.52. The summed E-state index contributed by atoms with van der Waals surface area (Å²) in [5.74, 6) is -2.36. The molecule has 4 atom stereocenters. The number of hydrogen-bond acceptors (Lipinski definition) is 10. The van der Waals surface area contributed by atoms with Crippen LogP contribution in [0.5, 0.6) is 0 Å². The third kappa shape index (κ3) is 9.24. The number of benzene rings is 2. The zero-order chi connectivity index (χ0) is 29.5. The first kappa shape index (κ1) is 31.4. The summed E-state index contributed by atoms with van der Waals surface area (Å²) in [6.07, 6.45) is -6.09. The monoisotopic (exact) mass is 615 g/mol. The molecule has 2 unspecified atom stereocenters. The first-order valence-corrected chi connectivity index (χ1v) is 13.1. The number of ether oxygens (including phenoxy) is 5. The average Bonchev–Trinajstić information content (AvgIpc) is 3.18. The average molecular weight is 617 g/mol. The minimum absolute atomic E-state index is 0.174. The lowest BCUT2D eigenvalue weighted by atomic mass is 10.1. The molecule has 1 fully saturated rings. The zero-order valence-corrected chi connectivity index (χ0v) is 24.0. The van der Waals surface area contributed by atoms with Crippen LogP contribution in [0.15, 0.2) is 60.7 Å². The van der Waals surface area contributed by atoms with Crippen LogP contribution in [0.1, 0.15) is 41.5 Å². The minimum Gasteiger partial charge on any atom is -0.452 e. The highest BCUT2D eigenvalue weighted by atomic mass is 35.6. The SMILES string of the molecule is CC(C)(C)OC(=O)NNC[C@H]1O[C@@H](OC(=N)C(Cl)(Cl)Cl)C(OC(=O)c2ccccc2)C1OC(=O)c1ccccc1. The second-order valence-electron chi connectivity index (χ2n) is 9.47. The fourth-order valence-electron chi connectivity index (χ4n) is 3.46. The molecule has 0 bridgehead atoms. The number of carbonyl (C=O) groups is 3. The third-order valence-electron chi connectivity index (χ3n) is 5.16. The highest BCUT2D eigenvalue weighted by Crippen LogP contribution is 2.33. The molecule has 14 heteroatoms. The van der Waals surface area contributed by atoms with E-state index < -0.39 is 57.9 Å². The molecule has 216 valence electrons. The van der Waals surface area contributed by atoms with Crippen molar-refractivity contribution in [1.29, 1.82) is 5.41 Å². The first-order chi connectivity index (χ1) is 18.7. The predicted octanol–water partition coefficient (Wildman–Crippen LogP) is 4.56. The quantitative estimate of drug-likeness (QED) is 0.0971. The molecule has 0 aliphatic carbocycles. The van der Waals surface area contributed by atoms with Crippen molar-refractivity contribution in [2.75, 3.05) is 6.54 Å². The Morgan fingerprint density at radius 2 is 1.35 bits per heavy atom. The molecule has 0 aromatic heterocycles. The van der Waals surface area contributed by atoms with Crippen molar-refractivity contribution in [1.82, 2.24) is 10.9 Å². The van der Waals surface area contributed by atoms with Crippen molar-refractivity contribution >= 4 is 58.7 Å². The fraction of sp³-hybridized carbons (Fsp3) is 0.385. The van der Waals surface area contributed by atoms with E-state index in [0.717, 1.165) is 0 Å². The van der Waals surface area contributed by atoms with Gasteiger partial charge in [-0.25, -0.2) is 19.8 Å². The first-order valence-electron chi connectivity index (χ1n) is 12.0. The lowest BCUT2D eigenvalue weighted by Gasteiger charge is -2.25. The van der Waals surface area contributed by atoms with E-state index >= 15 is 0 Å². The van der Waals surface area contributed by atoms with E-state index in [2.05, 4.69) is 10.9 Å². The Balaban J connectivity index is 1.87. The summed E-state index contributed by atoms with van der Waals surface area (Å²) in [5.41, 5.74) is 4.64. The van der Waals surface area contributed by atoms with Crippen molar-refractivity contribution in [3.63, 3.8) is 0 Å². The summed E-state index contributed by atoms with van der Waals surface area (Å²) in [6, 6.07) is 16.1. The highest BCUT2D eigenvalue weighted by molar-refractivity contribution is 6.76. The van der Waals surface area contributed by atoms with Crippen LogP contribution in [0.4, 0.5) is 4.79 Å². The number of hydrogen-bond donors (Lipinski definition) is 3. The smallest absolute Gasteiger partial charge is 0.422 e. The van der Waals surface area contributed by atoms with E-state index in [1.54, 1.807) is 57.2 Å². The van der Waals surface area contributed by atoms with Gasteiger partial charge in [-0.2, -0.15) is 0 Å². The minimum atomic E-state index is -2.26. The van der Waals surface area contributed by atoms with Gasteiger partial charge in [-0.1, -0.05) is 71.2 Å². The standard InChI is InChI=1S/C26H28Cl3N3O8/c1-25(2,3)40-24(35)32-31-14-17-18(37-20(33)15-10-6-4-7-11-15)19(22(36-17)39-23(30)26(27,28)29)38-21(34)16-12-8-5-9-13-16/h4-13,17-19,22,30-31H,14H2,1-3H3,(H,32,35)/t17-,18?,19?,22+/m1/s1. The summed E-state index contributed by atoms with van der Waals surface area (Å²) >= 11 is 17.3. The summed E-state index contributed by atoms with van der Waals surface area (Å²) in [7, 11) is 0. The fourth-order valence-corrected chi connectivity index (χ4v) is 3.59. The van der Waals surface area contributed by atoms with Crippen molar-refractivity contribution < 1.29 is 38.1 Å². The Hall–Kier alpha value is -3.09. The normalized spacial score (nSPS) is 20.8. The number of esters is 2. The molecule has 0 radical (unpaired) electrons. The summed E-state index contributed by atoms with van der Waals surface area (Å²) in [5, 5.41) is 7.99. The maximum atomic E-state index is 13.0. The number of hydrazine groups is 1. The van der Waals surface area contributed by atoms with Crippen LogP contribution in [0.25, 0.3) is 0 Å². The van der Waals surface area contributed by atoms with E-state index in [1.807, 2.05) is 0 Å². The van der Waals surface area contributed by atoms with E-state index in [4.69, 9.17) is 63.9 Å². The number of amides is 1. The summed E-state index contributed by atoms with van der Waals surface area (Å²) in [6.45, 7) is 4.91. The Morgan fingerprint density at radius 3 is 1.82 bits per heavy atom. The molecule has 40 heavy (non-hydrogen) atoms. The Kier molecular flexibility index (Phi) is 10.6. The van der Waals surface area contributed by atoms with Crippen molar-refractivity contribution in [2.24, 2.45) is 0 Å². The van der Waals surface area contributed by atoms with Gasteiger partial charge in [-0.15, -0.1) is 0 Å². The molecular formula is C26H28Cl3N3O8. The van der Waals surface area contributed by atoms with Gasteiger partial charge >= 0.3 is 18.0 Å². The van der Waals surface area contributed by atoms with Gasteiger partial charge in [0.1, 0.15) is 11.7 Å². The topological polar surface area (TPSA) is 145 Å². The van der Waals surface area contributed by atoms with E-state index in [-0.39, 0.29) is 17.7 Å². The van der Waals surface area contributed by atoms with Crippen molar-refractivity contribution in [3.05, 3.63) is 71.8 Å². The summed E-state index contributed by atoms with van der Waals surface area (Å²) in [4.78, 5) is 38.1. The molecular weight excluding hydrogens is 589 g/mol. The molecule has 1 aliphatic rings. The van der Waals surface area contributed by atoms with Crippen LogP contribution in [-0.2, 0) is 23.7 Å². The Morgan fingerprint density at radius 1 is 0.850 bits per heavy atom. The van der Waals surface area contributed by atoms with Gasteiger partial charge in [0.25, 0.3) is 3.79 Å². The third-order valence-corrected chi connectivity index (χ3v) is 5.67. The molecule has 11 nitrogen and oxygen atoms in total. The second-order valence-corrected chi connectivity index (χ2v) is 11.7. The van der Waals surface area contributed by atoms with Crippen LogP contribution < -0.4 is 10.9 Å². The lowest BCUT2D eigenvalue weighted by Crippen LogP contribution is -2.48. The van der Waals surface area contributed by atoms with E-state index in [1.165, 1.54) is 24.3 Å². The van der Waals surface area contributed by atoms with Crippen LogP contribution in [0.3, 0.4) is 0 Å². The van der Waals surface area contributed by atoms with E-state index in [0.29, 0.717) is 0 Å². The van der Waals surface area contributed by atoms with Gasteiger partial charge < -0.3 is 23.7 Å².